The summed E-state index contributed by atoms with van der Waals surface area (Å²) in [4.78, 5) is 11.5. The fraction of sp³-hybridized carbons (Fsp3) is 0.200. The minimum atomic E-state index is -0.145. The first-order valence-corrected chi connectivity index (χ1v) is 5.92. The Kier molecular flexibility index (Phi) is 3.50. The highest BCUT2D eigenvalue weighted by Crippen LogP contribution is 2.22. The van der Waals surface area contributed by atoms with E-state index < -0.39 is 0 Å². The van der Waals surface area contributed by atoms with Gasteiger partial charge in [0.05, 0.1) is 18.2 Å². The van der Waals surface area contributed by atoms with Crippen LogP contribution in [-0.2, 0) is 6.61 Å². The van der Waals surface area contributed by atoms with Crippen molar-refractivity contribution in [1.82, 2.24) is 4.57 Å². The van der Waals surface area contributed by atoms with Crippen molar-refractivity contribution in [3.05, 3.63) is 52.8 Å². The van der Waals surface area contributed by atoms with Crippen LogP contribution in [0.25, 0.3) is 5.69 Å². The molecular weight excluding hydrogens is 240 g/mol. The van der Waals surface area contributed by atoms with E-state index >= 15 is 0 Å². The number of aliphatic hydroxyl groups is 1. The lowest BCUT2D eigenvalue weighted by molar-refractivity contribution is 0.101. The van der Waals surface area contributed by atoms with Crippen LogP contribution in [0.15, 0.2) is 30.3 Å². The highest BCUT2D eigenvalue weighted by molar-refractivity contribution is 5.95. The van der Waals surface area contributed by atoms with Gasteiger partial charge in [0.1, 0.15) is 0 Å². The first-order valence-electron chi connectivity index (χ1n) is 5.92. The third-order valence-electron chi connectivity index (χ3n) is 3.12. The molecular formula is C15H14N2O2. The molecule has 0 unspecified atom stereocenters. The largest absolute Gasteiger partial charge is 0.390 e. The molecule has 0 aliphatic rings. The average Bonchev–Trinajstić information content (AvgIpc) is 2.76. The molecule has 0 saturated carbocycles. The first-order chi connectivity index (χ1) is 9.08. The molecule has 1 N–H and O–H groups in total. The molecule has 0 aliphatic carbocycles. The molecule has 19 heavy (non-hydrogen) atoms. The van der Waals surface area contributed by atoms with E-state index in [1.54, 1.807) is 30.3 Å². The van der Waals surface area contributed by atoms with Gasteiger partial charge in [0, 0.05) is 22.6 Å². The summed E-state index contributed by atoms with van der Waals surface area (Å²) in [5.74, 6) is -0.0282. The average molecular weight is 254 g/mol. The Hall–Kier alpha value is -2.38. The molecule has 4 heteroatoms. The third kappa shape index (κ3) is 2.28. The van der Waals surface area contributed by atoms with Crippen molar-refractivity contribution < 1.29 is 9.90 Å². The molecule has 2 aromatic rings. The monoisotopic (exact) mass is 254 g/mol. The molecule has 1 aromatic heterocycles. The van der Waals surface area contributed by atoms with E-state index in [1.807, 2.05) is 11.5 Å². The summed E-state index contributed by atoms with van der Waals surface area (Å²) in [5.41, 5.74) is 3.46. The Morgan fingerprint density at radius 2 is 2.00 bits per heavy atom. The van der Waals surface area contributed by atoms with Gasteiger partial charge in [0.2, 0.25) is 0 Å². The highest BCUT2D eigenvalue weighted by atomic mass is 16.3. The maximum Gasteiger partial charge on any atom is 0.161 e. The maximum atomic E-state index is 11.5. The molecule has 0 saturated heterocycles. The Balaban J connectivity index is 2.60. The van der Waals surface area contributed by atoms with Gasteiger partial charge in [-0.05, 0) is 44.2 Å². The second kappa shape index (κ2) is 5.09. The number of hydrogen-bond donors (Lipinski definition) is 1. The molecule has 0 amide bonds. The summed E-state index contributed by atoms with van der Waals surface area (Å²) in [7, 11) is 0. The zero-order valence-corrected chi connectivity index (χ0v) is 10.8. The Morgan fingerprint density at radius 3 is 2.47 bits per heavy atom. The smallest absolute Gasteiger partial charge is 0.161 e. The van der Waals surface area contributed by atoms with Crippen LogP contribution in [0.1, 0.15) is 34.2 Å². The zero-order chi connectivity index (χ0) is 14.0. The van der Waals surface area contributed by atoms with Crippen molar-refractivity contribution in [3.63, 3.8) is 0 Å². The lowest BCUT2D eigenvalue weighted by atomic mass is 10.2. The predicted molar refractivity (Wildman–Crippen MR) is 71.1 cm³/mol. The number of ketones is 1. The molecule has 0 atom stereocenters. The summed E-state index contributed by atoms with van der Waals surface area (Å²) in [6.45, 7) is 3.20. The Morgan fingerprint density at radius 1 is 1.37 bits per heavy atom. The SMILES string of the molecule is CC(=O)c1cc(CO)n(-c2ccc(C#N)cc2)c1C. The van der Waals surface area contributed by atoms with Crippen molar-refractivity contribution in [2.24, 2.45) is 0 Å². The number of aromatic nitrogens is 1. The second-order valence-corrected chi connectivity index (χ2v) is 4.34. The van der Waals surface area contributed by atoms with Crippen LogP contribution in [0.2, 0.25) is 0 Å². The van der Waals surface area contributed by atoms with Crippen LogP contribution >= 0.6 is 0 Å². The van der Waals surface area contributed by atoms with E-state index in [4.69, 9.17) is 5.26 Å². The minimum Gasteiger partial charge on any atom is -0.390 e. The molecule has 1 heterocycles. The molecule has 0 aliphatic heterocycles. The van der Waals surface area contributed by atoms with Crippen LogP contribution in [0.4, 0.5) is 0 Å². The van der Waals surface area contributed by atoms with Gasteiger partial charge in [0.25, 0.3) is 0 Å². The molecule has 0 spiro atoms. The molecule has 0 fully saturated rings. The maximum absolute atomic E-state index is 11.5. The number of carbonyl (C=O) groups is 1. The lowest BCUT2D eigenvalue weighted by Crippen LogP contribution is -2.03. The number of carbonyl (C=O) groups excluding carboxylic acids is 1. The van der Waals surface area contributed by atoms with Gasteiger partial charge < -0.3 is 9.67 Å². The van der Waals surface area contributed by atoms with Crippen LogP contribution in [0.3, 0.4) is 0 Å². The molecule has 1 aromatic carbocycles. The molecule has 0 bridgehead atoms. The fourth-order valence-electron chi connectivity index (χ4n) is 2.19. The summed E-state index contributed by atoms with van der Waals surface area (Å²) in [6, 6.07) is 10.8. The second-order valence-electron chi connectivity index (χ2n) is 4.34. The number of rotatable bonds is 3. The standard InChI is InChI=1S/C15H14N2O2/c1-10-15(11(2)19)7-14(9-18)17(10)13-5-3-12(8-16)4-6-13/h3-7,18H,9H2,1-2H3. The van der Waals surface area contributed by atoms with E-state index in [1.165, 1.54) is 6.92 Å². The topological polar surface area (TPSA) is 66.0 Å². The number of hydrogen-bond acceptors (Lipinski definition) is 3. The van der Waals surface area contributed by atoms with Gasteiger partial charge in [-0.2, -0.15) is 5.26 Å². The quantitative estimate of drug-likeness (QED) is 0.855. The van der Waals surface area contributed by atoms with Gasteiger partial charge in [0.15, 0.2) is 5.78 Å². The van der Waals surface area contributed by atoms with Crippen LogP contribution in [0.5, 0.6) is 0 Å². The normalized spacial score (nSPS) is 10.2. The van der Waals surface area contributed by atoms with Gasteiger partial charge in [-0.3, -0.25) is 4.79 Å². The molecule has 0 radical (unpaired) electrons. The lowest BCUT2D eigenvalue weighted by Gasteiger charge is -2.10. The minimum absolute atomic E-state index is 0.0282. The van der Waals surface area contributed by atoms with Crippen LogP contribution in [-0.4, -0.2) is 15.5 Å². The van der Waals surface area contributed by atoms with Gasteiger partial charge in [-0.1, -0.05) is 0 Å². The number of benzene rings is 1. The van der Waals surface area contributed by atoms with Crippen molar-refractivity contribution in [2.75, 3.05) is 0 Å². The van der Waals surface area contributed by atoms with E-state index in [2.05, 4.69) is 6.07 Å². The van der Waals surface area contributed by atoms with E-state index in [0.29, 0.717) is 16.8 Å². The molecule has 96 valence electrons. The van der Waals surface area contributed by atoms with Gasteiger partial charge in [-0.15, -0.1) is 0 Å². The zero-order valence-electron chi connectivity index (χ0n) is 10.8. The van der Waals surface area contributed by atoms with Crippen LogP contribution < -0.4 is 0 Å². The molecule has 4 nitrogen and oxygen atoms in total. The number of Topliss-reactive ketones (excluding diaryl/α,β-unsaturated/α-hetero) is 1. The fourth-order valence-corrected chi connectivity index (χ4v) is 2.19. The summed E-state index contributed by atoms with van der Waals surface area (Å²) in [6.07, 6.45) is 0. The number of nitriles is 1. The van der Waals surface area contributed by atoms with E-state index in [9.17, 15) is 9.90 Å². The van der Waals surface area contributed by atoms with Crippen molar-refractivity contribution in [3.8, 4) is 11.8 Å². The number of nitrogens with zero attached hydrogens (tertiary/aromatic N) is 2. The van der Waals surface area contributed by atoms with Crippen molar-refractivity contribution in [2.45, 2.75) is 20.5 Å². The highest BCUT2D eigenvalue weighted by Gasteiger charge is 2.15. The number of aliphatic hydroxyl groups excluding tert-OH is 1. The first kappa shape index (κ1) is 13.1. The van der Waals surface area contributed by atoms with E-state index in [-0.39, 0.29) is 12.4 Å². The van der Waals surface area contributed by atoms with Gasteiger partial charge >= 0.3 is 0 Å². The van der Waals surface area contributed by atoms with Crippen LogP contribution in [0, 0.1) is 18.3 Å². The Bertz CT molecular complexity index is 661. The van der Waals surface area contributed by atoms with Crippen molar-refractivity contribution >= 4 is 5.78 Å². The third-order valence-corrected chi connectivity index (χ3v) is 3.12. The van der Waals surface area contributed by atoms with E-state index in [0.717, 1.165) is 11.4 Å². The Labute approximate surface area is 111 Å². The summed E-state index contributed by atoms with van der Waals surface area (Å²) < 4.78 is 1.83. The predicted octanol–water partition coefficient (Wildman–Crippen LogP) is 2.35. The molecule has 2 rings (SSSR count). The van der Waals surface area contributed by atoms with Crippen molar-refractivity contribution in [1.29, 1.82) is 5.26 Å². The summed E-state index contributed by atoms with van der Waals surface area (Å²) in [5, 5.41) is 18.2. The van der Waals surface area contributed by atoms with Gasteiger partial charge in [-0.25, -0.2) is 0 Å². The summed E-state index contributed by atoms with van der Waals surface area (Å²) >= 11 is 0.